The van der Waals surface area contributed by atoms with Crippen LogP contribution in [0.1, 0.15) is 46.3 Å². The molecule has 110 valence electrons. The predicted octanol–water partition coefficient (Wildman–Crippen LogP) is 3.38. The van der Waals surface area contributed by atoms with E-state index in [-0.39, 0.29) is 18.5 Å². The van der Waals surface area contributed by atoms with E-state index >= 15 is 0 Å². The van der Waals surface area contributed by atoms with Gasteiger partial charge in [-0.1, -0.05) is 6.07 Å². The highest BCUT2D eigenvalue weighted by Gasteiger charge is 2.16. The third-order valence-corrected chi connectivity index (χ3v) is 3.95. The largest absolute Gasteiger partial charge is 0.376 e. The Morgan fingerprint density at radius 1 is 1.20 bits per heavy atom. The van der Waals surface area contributed by atoms with Gasteiger partial charge in [-0.2, -0.15) is 0 Å². The lowest BCUT2D eigenvalue weighted by Crippen LogP contribution is -2.26. The SMILES string of the molecule is Cc1cc(C)c(C(=O)COCC2CCCCO2)cc1C. The van der Waals surface area contributed by atoms with Gasteiger partial charge in [0.1, 0.15) is 6.61 Å². The average molecular weight is 276 g/mol. The number of carbonyl (C=O) groups is 1. The second-order valence-corrected chi connectivity index (χ2v) is 5.68. The minimum absolute atomic E-state index is 0.0569. The molecule has 1 aliphatic heterocycles. The van der Waals surface area contributed by atoms with Crippen LogP contribution in [0.5, 0.6) is 0 Å². The van der Waals surface area contributed by atoms with Crippen LogP contribution in [0, 0.1) is 20.8 Å². The summed E-state index contributed by atoms with van der Waals surface area (Å²) in [6, 6.07) is 4.03. The maximum Gasteiger partial charge on any atom is 0.188 e. The van der Waals surface area contributed by atoms with E-state index in [0.717, 1.165) is 36.1 Å². The van der Waals surface area contributed by atoms with Crippen LogP contribution >= 0.6 is 0 Å². The van der Waals surface area contributed by atoms with Gasteiger partial charge in [-0.05, 0) is 62.8 Å². The fraction of sp³-hybridized carbons (Fsp3) is 0.588. The van der Waals surface area contributed by atoms with Gasteiger partial charge >= 0.3 is 0 Å². The average Bonchev–Trinajstić information content (AvgIpc) is 2.44. The van der Waals surface area contributed by atoms with Gasteiger partial charge in [-0.3, -0.25) is 4.79 Å². The van der Waals surface area contributed by atoms with E-state index in [1.54, 1.807) is 0 Å². The molecule has 2 rings (SSSR count). The first-order valence-corrected chi connectivity index (χ1v) is 7.38. The van der Waals surface area contributed by atoms with E-state index in [1.807, 2.05) is 19.9 Å². The van der Waals surface area contributed by atoms with Crippen molar-refractivity contribution in [1.29, 1.82) is 0 Å². The number of hydrogen-bond donors (Lipinski definition) is 0. The number of benzene rings is 1. The Morgan fingerprint density at radius 3 is 2.65 bits per heavy atom. The first kappa shape index (κ1) is 15.2. The normalized spacial score (nSPS) is 19.1. The molecular formula is C17H24O3. The van der Waals surface area contributed by atoms with Crippen LogP contribution in [-0.2, 0) is 9.47 Å². The number of Topliss-reactive ketones (excluding diaryl/α,β-unsaturated/α-hetero) is 1. The topological polar surface area (TPSA) is 35.5 Å². The maximum atomic E-state index is 12.2. The molecule has 1 atom stereocenters. The first-order chi connectivity index (χ1) is 9.58. The van der Waals surface area contributed by atoms with Crippen molar-refractivity contribution in [3.05, 3.63) is 34.4 Å². The number of carbonyl (C=O) groups excluding carboxylic acids is 1. The second kappa shape index (κ2) is 7.00. The molecular weight excluding hydrogens is 252 g/mol. The second-order valence-electron chi connectivity index (χ2n) is 5.68. The molecule has 3 heteroatoms. The fourth-order valence-electron chi connectivity index (χ4n) is 2.56. The van der Waals surface area contributed by atoms with Crippen molar-refractivity contribution in [2.75, 3.05) is 19.8 Å². The molecule has 0 radical (unpaired) electrons. The summed E-state index contributed by atoms with van der Waals surface area (Å²) in [4.78, 5) is 12.2. The number of ketones is 1. The molecule has 1 saturated heterocycles. The lowest BCUT2D eigenvalue weighted by atomic mass is 9.98. The molecule has 0 aliphatic carbocycles. The summed E-state index contributed by atoms with van der Waals surface area (Å²) < 4.78 is 11.1. The Morgan fingerprint density at radius 2 is 1.95 bits per heavy atom. The fourth-order valence-corrected chi connectivity index (χ4v) is 2.56. The lowest BCUT2D eigenvalue weighted by molar-refractivity contribution is -0.0370. The van der Waals surface area contributed by atoms with E-state index in [9.17, 15) is 4.79 Å². The van der Waals surface area contributed by atoms with Gasteiger partial charge in [0.2, 0.25) is 0 Å². The van der Waals surface area contributed by atoms with Gasteiger partial charge in [0.05, 0.1) is 12.7 Å². The Kier molecular flexibility index (Phi) is 5.32. The van der Waals surface area contributed by atoms with Gasteiger partial charge in [-0.15, -0.1) is 0 Å². The van der Waals surface area contributed by atoms with Gasteiger partial charge in [0.15, 0.2) is 5.78 Å². The van der Waals surface area contributed by atoms with Crippen molar-refractivity contribution < 1.29 is 14.3 Å². The summed E-state index contributed by atoms with van der Waals surface area (Å²) in [5.41, 5.74) is 4.17. The molecule has 1 unspecified atom stereocenters. The minimum atomic E-state index is 0.0569. The van der Waals surface area contributed by atoms with E-state index in [0.29, 0.717) is 6.61 Å². The molecule has 3 nitrogen and oxygen atoms in total. The van der Waals surface area contributed by atoms with Crippen LogP contribution in [0.15, 0.2) is 12.1 Å². The first-order valence-electron chi connectivity index (χ1n) is 7.38. The van der Waals surface area contributed by atoms with Gasteiger partial charge in [0, 0.05) is 12.2 Å². The Balaban J connectivity index is 1.87. The van der Waals surface area contributed by atoms with Crippen LogP contribution < -0.4 is 0 Å². The summed E-state index contributed by atoms with van der Waals surface area (Å²) in [6.07, 6.45) is 3.53. The van der Waals surface area contributed by atoms with E-state index < -0.39 is 0 Å². The molecule has 0 bridgehead atoms. The molecule has 1 aromatic rings. The highest BCUT2D eigenvalue weighted by Crippen LogP contribution is 2.17. The molecule has 1 fully saturated rings. The number of ether oxygens (including phenoxy) is 2. The number of hydrogen-bond acceptors (Lipinski definition) is 3. The Bertz CT molecular complexity index is 473. The molecule has 0 saturated carbocycles. The van der Waals surface area contributed by atoms with E-state index in [1.165, 1.54) is 12.0 Å². The number of aryl methyl sites for hydroxylation is 3. The lowest BCUT2D eigenvalue weighted by Gasteiger charge is -2.22. The van der Waals surface area contributed by atoms with Crippen LogP contribution in [0.4, 0.5) is 0 Å². The van der Waals surface area contributed by atoms with Crippen molar-refractivity contribution >= 4 is 5.78 Å². The molecule has 1 heterocycles. The van der Waals surface area contributed by atoms with Crippen LogP contribution in [-0.4, -0.2) is 31.7 Å². The summed E-state index contributed by atoms with van der Waals surface area (Å²) in [7, 11) is 0. The summed E-state index contributed by atoms with van der Waals surface area (Å²) in [5.74, 6) is 0.0569. The third kappa shape index (κ3) is 3.90. The van der Waals surface area contributed by atoms with Gasteiger partial charge in [0.25, 0.3) is 0 Å². The summed E-state index contributed by atoms with van der Waals surface area (Å²) in [6.45, 7) is 7.55. The minimum Gasteiger partial charge on any atom is -0.376 e. The molecule has 1 aliphatic rings. The summed E-state index contributed by atoms with van der Waals surface area (Å²) >= 11 is 0. The van der Waals surface area contributed by atoms with Crippen molar-refractivity contribution in [3.8, 4) is 0 Å². The van der Waals surface area contributed by atoms with Crippen molar-refractivity contribution in [1.82, 2.24) is 0 Å². The van der Waals surface area contributed by atoms with Crippen LogP contribution in [0.3, 0.4) is 0 Å². The summed E-state index contributed by atoms with van der Waals surface area (Å²) in [5, 5.41) is 0. The van der Waals surface area contributed by atoms with Gasteiger partial charge in [-0.25, -0.2) is 0 Å². The standard InChI is InChI=1S/C17H24O3/c1-12-8-14(3)16(9-13(12)2)17(18)11-19-10-15-6-4-5-7-20-15/h8-9,15H,4-7,10-11H2,1-3H3. The van der Waals surface area contributed by atoms with Gasteiger partial charge < -0.3 is 9.47 Å². The van der Waals surface area contributed by atoms with Crippen molar-refractivity contribution in [3.63, 3.8) is 0 Å². The highest BCUT2D eigenvalue weighted by atomic mass is 16.5. The Hall–Kier alpha value is -1.19. The molecule has 0 aromatic heterocycles. The third-order valence-electron chi connectivity index (χ3n) is 3.95. The van der Waals surface area contributed by atoms with Crippen LogP contribution in [0.2, 0.25) is 0 Å². The smallest absolute Gasteiger partial charge is 0.188 e. The predicted molar refractivity (Wildman–Crippen MR) is 79.4 cm³/mol. The molecule has 0 spiro atoms. The van der Waals surface area contributed by atoms with Crippen LogP contribution in [0.25, 0.3) is 0 Å². The van der Waals surface area contributed by atoms with E-state index in [4.69, 9.17) is 9.47 Å². The maximum absolute atomic E-state index is 12.2. The number of rotatable bonds is 5. The zero-order chi connectivity index (χ0) is 14.5. The molecule has 1 aromatic carbocycles. The zero-order valence-corrected chi connectivity index (χ0v) is 12.7. The Labute approximate surface area is 121 Å². The zero-order valence-electron chi connectivity index (χ0n) is 12.7. The monoisotopic (exact) mass is 276 g/mol. The van der Waals surface area contributed by atoms with Crippen molar-refractivity contribution in [2.24, 2.45) is 0 Å². The molecule has 0 amide bonds. The molecule has 20 heavy (non-hydrogen) atoms. The molecule has 0 N–H and O–H groups in total. The highest BCUT2D eigenvalue weighted by molar-refractivity contribution is 5.98. The van der Waals surface area contributed by atoms with E-state index in [2.05, 4.69) is 13.0 Å². The van der Waals surface area contributed by atoms with Crippen molar-refractivity contribution in [2.45, 2.75) is 46.1 Å². The quantitative estimate of drug-likeness (QED) is 0.773.